The van der Waals surface area contributed by atoms with Gasteiger partial charge in [0.2, 0.25) is 0 Å². The second kappa shape index (κ2) is 19.5. The third-order valence-electron chi connectivity index (χ3n) is 5.63. The smallest absolute Gasteiger partial charge is 0.477 e. The van der Waals surface area contributed by atoms with Gasteiger partial charge in [-0.2, -0.15) is 0 Å². The summed E-state index contributed by atoms with van der Waals surface area (Å²) in [6, 6.07) is 3.67. The second-order valence-electron chi connectivity index (χ2n) is 9.76. The van der Waals surface area contributed by atoms with E-state index in [-0.39, 0.29) is 43.3 Å². The molecular formula is C29H45NO11. The van der Waals surface area contributed by atoms with Crippen LogP contribution in [0.25, 0.3) is 0 Å². The molecule has 0 radical (unpaired) electrons. The van der Waals surface area contributed by atoms with Crippen LogP contribution in [-0.2, 0) is 30.2 Å². The highest BCUT2D eigenvalue weighted by Crippen LogP contribution is 2.31. The fraction of sp³-hybridized carbons (Fsp3) is 0.655. The molecule has 0 bridgehead atoms. The Morgan fingerprint density at radius 2 is 1.27 bits per heavy atom. The number of unbranched alkanes of at least 4 members (excludes halogenated alkanes) is 5. The fourth-order valence-electron chi connectivity index (χ4n) is 3.60. The highest BCUT2D eigenvalue weighted by Gasteiger charge is 2.44. The number of nitrogens with one attached hydrogen (secondary N) is 1. The Morgan fingerprint density at radius 3 is 1.78 bits per heavy atom. The first-order valence-corrected chi connectivity index (χ1v) is 14.3. The third-order valence-corrected chi connectivity index (χ3v) is 5.63. The first kappa shape index (κ1) is 35.5. The van der Waals surface area contributed by atoms with Crippen LogP contribution in [0.3, 0.4) is 0 Å². The zero-order valence-corrected chi connectivity index (χ0v) is 24.8. The van der Waals surface area contributed by atoms with Gasteiger partial charge in [-0.15, -0.1) is 0 Å². The molecule has 1 aromatic rings. The molecular weight excluding hydrogens is 538 g/mol. The van der Waals surface area contributed by atoms with Gasteiger partial charge in [0.25, 0.3) is 5.72 Å². The number of carbonyl (C=O) groups is 4. The van der Waals surface area contributed by atoms with Gasteiger partial charge in [0, 0.05) is 12.5 Å². The second-order valence-corrected chi connectivity index (χ2v) is 9.76. The molecule has 1 rings (SSSR count). The predicted octanol–water partition coefficient (Wildman–Crippen LogP) is 6.37. The zero-order chi connectivity index (χ0) is 30.7. The van der Waals surface area contributed by atoms with Crippen molar-refractivity contribution in [1.29, 1.82) is 0 Å². The van der Waals surface area contributed by atoms with Crippen LogP contribution in [-0.4, -0.2) is 61.1 Å². The first-order chi connectivity index (χ1) is 19.6. The minimum atomic E-state index is -2.21. The van der Waals surface area contributed by atoms with Gasteiger partial charge in [0.15, 0.2) is 11.5 Å². The Labute approximate surface area is 241 Å². The highest BCUT2D eigenvalue weighted by molar-refractivity contribution is 5.80. The van der Waals surface area contributed by atoms with E-state index in [9.17, 15) is 24.3 Å². The molecule has 41 heavy (non-hydrogen) atoms. The Hall–Kier alpha value is -3.54. The Kier molecular flexibility index (Phi) is 16.9. The van der Waals surface area contributed by atoms with Crippen LogP contribution >= 0.6 is 0 Å². The Balaban J connectivity index is 3.26. The van der Waals surface area contributed by atoms with E-state index in [1.807, 2.05) is 20.8 Å². The zero-order valence-electron chi connectivity index (χ0n) is 24.8. The molecule has 12 nitrogen and oxygen atoms in total. The average Bonchev–Trinajstić information content (AvgIpc) is 2.90. The first-order valence-electron chi connectivity index (χ1n) is 14.3. The summed E-state index contributed by atoms with van der Waals surface area (Å²) in [5, 5.41) is 12.9. The van der Waals surface area contributed by atoms with Gasteiger partial charge in [-0.05, 0) is 50.8 Å². The lowest BCUT2D eigenvalue weighted by atomic mass is 10.0. The molecule has 0 spiro atoms. The molecule has 0 fully saturated rings. The normalized spacial score (nSPS) is 12.2. The summed E-state index contributed by atoms with van der Waals surface area (Å²) in [6.45, 7) is 9.69. The number of benzene rings is 1. The molecule has 0 aliphatic heterocycles. The summed E-state index contributed by atoms with van der Waals surface area (Å²) >= 11 is 0. The predicted molar refractivity (Wildman–Crippen MR) is 149 cm³/mol. The molecule has 12 heteroatoms. The number of hydrogen-bond acceptors (Lipinski definition) is 11. The topological polar surface area (TPSA) is 156 Å². The van der Waals surface area contributed by atoms with Gasteiger partial charge in [0.05, 0.1) is 19.8 Å². The van der Waals surface area contributed by atoms with E-state index >= 15 is 0 Å². The van der Waals surface area contributed by atoms with E-state index in [0.29, 0.717) is 19.3 Å². The van der Waals surface area contributed by atoms with Crippen LogP contribution in [0.4, 0.5) is 14.4 Å². The summed E-state index contributed by atoms with van der Waals surface area (Å²) in [6.07, 6.45) is 2.74. The van der Waals surface area contributed by atoms with Crippen molar-refractivity contribution < 1.29 is 52.7 Å². The molecule has 0 saturated heterocycles. The molecule has 0 aliphatic carbocycles. The highest BCUT2D eigenvalue weighted by atomic mass is 16.8. The molecule has 0 aromatic heterocycles. The number of hydrogen-bond donors (Lipinski definition) is 2. The van der Waals surface area contributed by atoms with Crippen LogP contribution in [0.1, 0.15) is 91.5 Å². The van der Waals surface area contributed by atoms with Crippen molar-refractivity contribution in [3.8, 4) is 11.5 Å². The van der Waals surface area contributed by atoms with E-state index in [2.05, 4.69) is 5.32 Å². The van der Waals surface area contributed by atoms with E-state index in [4.69, 9.17) is 28.4 Å². The van der Waals surface area contributed by atoms with Gasteiger partial charge in [0.1, 0.15) is 0 Å². The third kappa shape index (κ3) is 14.1. The number of ether oxygens (including phenoxy) is 6. The average molecular weight is 584 g/mol. The van der Waals surface area contributed by atoms with Crippen LogP contribution in [0.5, 0.6) is 11.5 Å². The lowest BCUT2D eigenvalue weighted by Gasteiger charge is -2.31. The van der Waals surface area contributed by atoms with Crippen LogP contribution in [0.2, 0.25) is 0 Å². The van der Waals surface area contributed by atoms with Gasteiger partial charge in [-0.25, -0.2) is 19.2 Å². The summed E-state index contributed by atoms with van der Waals surface area (Å²) in [4.78, 5) is 49.4. The van der Waals surface area contributed by atoms with Gasteiger partial charge in [-0.1, -0.05) is 58.9 Å². The molecule has 232 valence electrons. The van der Waals surface area contributed by atoms with E-state index < -0.39 is 36.2 Å². The molecule has 2 N–H and O–H groups in total. The Bertz CT molecular complexity index is 966. The summed E-state index contributed by atoms with van der Waals surface area (Å²) in [5.74, 6) is -1.81. The summed E-state index contributed by atoms with van der Waals surface area (Å²) in [5.41, 5.74) is -1.94. The fourth-order valence-corrected chi connectivity index (χ4v) is 3.60. The molecule has 0 unspecified atom stereocenters. The number of carbonyl (C=O) groups excluding carboxylic acids is 3. The van der Waals surface area contributed by atoms with Crippen molar-refractivity contribution in [2.24, 2.45) is 0 Å². The van der Waals surface area contributed by atoms with Gasteiger partial charge < -0.3 is 33.5 Å². The van der Waals surface area contributed by atoms with E-state index in [0.717, 1.165) is 32.1 Å². The van der Waals surface area contributed by atoms with Crippen LogP contribution in [0, 0.1) is 0 Å². The van der Waals surface area contributed by atoms with Crippen molar-refractivity contribution >= 4 is 24.4 Å². The molecule has 0 aliphatic rings. The molecule has 0 saturated carbocycles. The SMILES string of the molecule is CCCCCOC(=O)Oc1ccc(C[C@](NC(C)C)(OC(=O)OCCCC)C(=O)O)cc1OC(=O)OCCCCC. The van der Waals surface area contributed by atoms with Crippen molar-refractivity contribution in [1.82, 2.24) is 5.32 Å². The lowest BCUT2D eigenvalue weighted by molar-refractivity contribution is -0.166. The molecule has 0 heterocycles. The van der Waals surface area contributed by atoms with E-state index in [1.54, 1.807) is 13.8 Å². The van der Waals surface area contributed by atoms with E-state index in [1.165, 1.54) is 18.2 Å². The number of carboxylic acid groups (broad SMARTS) is 1. The van der Waals surface area contributed by atoms with Crippen molar-refractivity contribution in [3.63, 3.8) is 0 Å². The molecule has 1 atom stereocenters. The van der Waals surface area contributed by atoms with Crippen LogP contribution < -0.4 is 14.8 Å². The minimum Gasteiger partial charge on any atom is -0.477 e. The quantitative estimate of drug-likeness (QED) is 0.0610. The molecule has 1 aromatic carbocycles. The standard InChI is InChI=1S/C29H45NO11/c1-6-9-12-17-36-26(33)39-23-15-14-22(19-24(23)40-27(34)37-18-13-10-7-2)20-29(25(31)32,30-21(4)5)41-28(35)38-16-11-8-3/h14-15,19,21,30H,6-13,16-18,20H2,1-5H3,(H,31,32)/t29-/m0/s1. The maximum Gasteiger partial charge on any atom is 0.513 e. The maximum absolute atomic E-state index is 12.4. The van der Waals surface area contributed by atoms with Crippen LogP contribution in [0.15, 0.2) is 18.2 Å². The largest absolute Gasteiger partial charge is 0.513 e. The summed E-state index contributed by atoms with van der Waals surface area (Å²) in [7, 11) is 0. The van der Waals surface area contributed by atoms with Crippen molar-refractivity contribution in [3.05, 3.63) is 23.8 Å². The van der Waals surface area contributed by atoms with Crippen molar-refractivity contribution in [2.45, 2.75) is 104 Å². The minimum absolute atomic E-state index is 0.0750. The number of rotatable bonds is 19. The molecule has 0 amide bonds. The maximum atomic E-state index is 12.4. The summed E-state index contributed by atoms with van der Waals surface area (Å²) < 4.78 is 31.1. The monoisotopic (exact) mass is 583 g/mol. The lowest BCUT2D eigenvalue weighted by Crippen LogP contribution is -2.59. The number of aliphatic carboxylic acids is 1. The Morgan fingerprint density at radius 1 is 0.756 bits per heavy atom. The van der Waals surface area contributed by atoms with Gasteiger partial charge >= 0.3 is 24.4 Å². The number of carboxylic acids is 1. The van der Waals surface area contributed by atoms with Gasteiger partial charge in [-0.3, -0.25) is 5.32 Å². The van der Waals surface area contributed by atoms with Crippen molar-refractivity contribution in [2.75, 3.05) is 19.8 Å².